The number of benzene rings is 2. The fourth-order valence-corrected chi connectivity index (χ4v) is 6.36. The van der Waals surface area contributed by atoms with Crippen LogP contribution in [0.1, 0.15) is 67.3 Å². The molecule has 3 aromatic rings. The quantitative estimate of drug-likeness (QED) is 0.147. The van der Waals surface area contributed by atoms with E-state index >= 15 is 0 Å². The van der Waals surface area contributed by atoms with Gasteiger partial charge in [-0.1, -0.05) is 60.7 Å². The van der Waals surface area contributed by atoms with Gasteiger partial charge >= 0.3 is 12.1 Å². The largest absolute Gasteiger partial charge is 0.459 e. The van der Waals surface area contributed by atoms with E-state index in [1.807, 2.05) is 60.7 Å². The first kappa shape index (κ1) is 35.3. The molecule has 0 aliphatic carbocycles. The molecule has 2 atom stereocenters. The van der Waals surface area contributed by atoms with Crippen LogP contribution in [0, 0.1) is 0 Å². The zero-order chi connectivity index (χ0) is 34.0. The van der Waals surface area contributed by atoms with Crippen LogP contribution in [0.25, 0.3) is 0 Å². The molecule has 1 aliphatic rings. The van der Waals surface area contributed by atoms with E-state index in [4.69, 9.17) is 15.2 Å². The van der Waals surface area contributed by atoms with Gasteiger partial charge in [0.05, 0.1) is 30.6 Å². The summed E-state index contributed by atoms with van der Waals surface area (Å²) >= 11 is 1.30. The molecule has 1 saturated heterocycles. The molecule has 4 rings (SSSR count). The Kier molecular flexibility index (Phi) is 12.3. The molecule has 3 amide bonds. The molecule has 0 saturated carbocycles. The first-order valence-electron chi connectivity index (χ1n) is 15.7. The van der Waals surface area contributed by atoms with Crippen LogP contribution in [0.2, 0.25) is 0 Å². The number of nitrogens with two attached hydrogens (primary N) is 1. The molecule has 12 heteroatoms. The van der Waals surface area contributed by atoms with Crippen LogP contribution in [0.4, 0.5) is 4.79 Å². The van der Waals surface area contributed by atoms with Crippen molar-refractivity contribution < 1.29 is 28.7 Å². The van der Waals surface area contributed by atoms with E-state index in [9.17, 15) is 19.2 Å². The van der Waals surface area contributed by atoms with E-state index in [2.05, 4.69) is 15.6 Å². The van der Waals surface area contributed by atoms with Gasteiger partial charge in [-0.2, -0.15) is 4.99 Å². The number of amides is 3. The number of hydrogen-bond acceptors (Lipinski definition) is 8. The molecule has 1 aliphatic heterocycles. The Labute approximate surface area is 279 Å². The van der Waals surface area contributed by atoms with Crippen molar-refractivity contribution in [2.45, 2.75) is 70.7 Å². The van der Waals surface area contributed by atoms with Crippen LogP contribution in [-0.4, -0.2) is 72.0 Å². The minimum atomic E-state index is -0.859. The summed E-state index contributed by atoms with van der Waals surface area (Å²) in [6, 6.07) is 21.3. The van der Waals surface area contributed by atoms with Crippen LogP contribution < -0.4 is 16.4 Å². The number of likely N-dealkylation sites (tertiary alicyclic amines) is 1. The van der Waals surface area contributed by atoms with Gasteiger partial charge in [-0.05, 0) is 63.8 Å². The van der Waals surface area contributed by atoms with Crippen LogP contribution in [-0.2, 0) is 30.4 Å². The molecule has 0 unspecified atom stereocenters. The van der Waals surface area contributed by atoms with E-state index in [1.165, 1.54) is 11.3 Å². The monoisotopic (exact) mass is 661 g/mol. The molecule has 2 aromatic carbocycles. The first-order valence-corrected chi connectivity index (χ1v) is 16.5. The van der Waals surface area contributed by atoms with Crippen LogP contribution >= 0.6 is 11.3 Å². The number of amidine groups is 1. The molecule has 11 nitrogen and oxygen atoms in total. The van der Waals surface area contributed by atoms with Crippen molar-refractivity contribution in [3.63, 3.8) is 0 Å². The second-order valence-corrected chi connectivity index (χ2v) is 13.3. The van der Waals surface area contributed by atoms with Gasteiger partial charge < -0.3 is 25.4 Å². The molecular weight excluding hydrogens is 618 g/mol. The summed E-state index contributed by atoms with van der Waals surface area (Å²) in [5.74, 6) is -1.43. The van der Waals surface area contributed by atoms with Crippen molar-refractivity contribution in [2.24, 2.45) is 10.7 Å². The van der Waals surface area contributed by atoms with Crippen molar-refractivity contribution in [3.05, 3.63) is 93.7 Å². The minimum absolute atomic E-state index is 0.0369. The highest BCUT2D eigenvalue weighted by Gasteiger charge is 2.41. The van der Waals surface area contributed by atoms with Crippen LogP contribution in [0.5, 0.6) is 0 Å². The predicted molar refractivity (Wildman–Crippen MR) is 181 cm³/mol. The minimum Gasteiger partial charge on any atom is -0.459 e. The van der Waals surface area contributed by atoms with E-state index in [0.29, 0.717) is 24.3 Å². The zero-order valence-electron chi connectivity index (χ0n) is 27.2. The van der Waals surface area contributed by atoms with Gasteiger partial charge in [-0.25, -0.2) is 4.79 Å². The maximum Gasteiger partial charge on any atom is 0.435 e. The summed E-state index contributed by atoms with van der Waals surface area (Å²) in [7, 11) is 0. The number of nitrogens with zero attached hydrogens (tertiary/aromatic N) is 2. The van der Waals surface area contributed by atoms with Crippen molar-refractivity contribution in [2.75, 3.05) is 19.7 Å². The van der Waals surface area contributed by atoms with E-state index in [1.54, 1.807) is 44.7 Å². The van der Waals surface area contributed by atoms with Gasteiger partial charge in [-0.3, -0.25) is 19.7 Å². The maximum absolute atomic E-state index is 14.5. The molecule has 0 bridgehead atoms. The van der Waals surface area contributed by atoms with Crippen molar-refractivity contribution in [1.29, 1.82) is 0 Å². The molecule has 250 valence electrons. The number of carbonyl (C=O) groups is 4. The summed E-state index contributed by atoms with van der Waals surface area (Å²) < 4.78 is 10.4. The molecule has 4 N–H and O–H groups in total. The molecular formula is C35H43N5O6S. The number of nitrogens with one attached hydrogen (secondary N) is 2. The Bertz CT molecular complexity index is 1510. The zero-order valence-corrected chi connectivity index (χ0v) is 28.0. The van der Waals surface area contributed by atoms with Crippen LogP contribution in [0.15, 0.2) is 77.8 Å². The number of esters is 1. The Morgan fingerprint density at radius 2 is 1.64 bits per heavy atom. The average Bonchev–Trinajstić information content (AvgIpc) is 3.72. The van der Waals surface area contributed by atoms with Crippen molar-refractivity contribution in [3.8, 4) is 0 Å². The molecule has 1 aromatic heterocycles. The van der Waals surface area contributed by atoms with Gasteiger partial charge in [0.15, 0.2) is 0 Å². The molecule has 0 radical (unpaired) electrons. The van der Waals surface area contributed by atoms with Gasteiger partial charge in [0, 0.05) is 17.3 Å². The van der Waals surface area contributed by atoms with E-state index in [0.717, 1.165) is 16.0 Å². The third-order valence-corrected chi connectivity index (χ3v) is 8.58. The Hall–Kier alpha value is -4.55. The van der Waals surface area contributed by atoms with Crippen molar-refractivity contribution >= 4 is 41.0 Å². The second-order valence-electron chi connectivity index (χ2n) is 12.1. The highest BCUT2D eigenvalue weighted by atomic mass is 32.1. The summed E-state index contributed by atoms with van der Waals surface area (Å²) in [5.41, 5.74) is 7.06. The van der Waals surface area contributed by atoms with Gasteiger partial charge in [0.25, 0.3) is 0 Å². The predicted octanol–water partition coefficient (Wildman–Crippen LogP) is 4.35. The summed E-state index contributed by atoms with van der Waals surface area (Å²) in [6.07, 6.45) is 0.403. The Balaban J connectivity index is 1.54. The lowest BCUT2D eigenvalue weighted by Crippen LogP contribution is -2.55. The van der Waals surface area contributed by atoms with E-state index < -0.39 is 35.7 Å². The third kappa shape index (κ3) is 9.97. The average molecular weight is 662 g/mol. The third-order valence-electron chi connectivity index (χ3n) is 7.47. The molecule has 2 heterocycles. The summed E-state index contributed by atoms with van der Waals surface area (Å²) in [4.78, 5) is 59.2. The lowest BCUT2D eigenvalue weighted by atomic mass is 9.84. The number of thiophene rings is 1. The topological polar surface area (TPSA) is 152 Å². The standard InChI is InChI=1S/C35H43N5O6S/c1-5-45-34(44)39-31(36)27-19-18-25(47-27)21-38-32(42)26-17-12-20-40(26)33(43)30(37-22-28(41)46-35(2,3)4)29(23-13-8-6-9-14-23)24-15-10-7-11-16-24/h6-11,13-16,18-19,26,29-30,37H,5,12,17,20-22H2,1-4H3,(H,38,42)(H2,36,39,44)/t26-,30+/m0/s1. The maximum atomic E-state index is 14.5. The normalized spacial score (nSPS) is 15.7. The summed E-state index contributed by atoms with van der Waals surface area (Å²) in [5, 5.41) is 6.17. The lowest BCUT2D eigenvalue weighted by Gasteiger charge is -2.34. The highest BCUT2D eigenvalue weighted by molar-refractivity contribution is 7.14. The number of rotatable bonds is 12. The van der Waals surface area contributed by atoms with Gasteiger partial charge in [0.1, 0.15) is 17.5 Å². The molecule has 47 heavy (non-hydrogen) atoms. The van der Waals surface area contributed by atoms with Gasteiger partial charge in [-0.15, -0.1) is 11.3 Å². The second kappa shape index (κ2) is 16.3. The van der Waals surface area contributed by atoms with Crippen molar-refractivity contribution in [1.82, 2.24) is 15.5 Å². The Morgan fingerprint density at radius 1 is 1.00 bits per heavy atom. The Morgan fingerprint density at radius 3 is 2.23 bits per heavy atom. The molecule has 0 spiro atoms. The number of aliphatic imine (C=N–C) groups is 1. The summed E-state index contributed by atoms with van der Waals surface area (Å²) in [6.45, 7) is 7.69. The van der Waals surface area contributed by atoms with Gasteiger partial charge in [0.2, 0.25) is 11.8 Å². The van der Waals surface area contributed by atoms with E-state index in [-0.39, 0.29) is 37.3 Å². The SMILES string of the molecule is CCOC(=O)/N=C(\N)c1ccc(CNC(=O)[C@@H]2CCCN2C(=O)[C@H](NCC(=O)OC(C)(C)C)C(c2ccccc2)c2ccccc2)s1. The molecule has 1 fully saturated rings. The fourth-order valence-electron chi connectivity index (χ4n) is 5.51. The number of hydrogen-bond donors (Lipinski definition) is 3. The first-order chi connectivity index (χ1) is 22.5. The highest BCUT2D eigenvalue weighted by Crippen LogP contribution is 2.31. The smallest absolute Gasteiger partial charge is 0.435 e. The number of carbonyl (C=O) groups excluding carboxylic acids is 4. The number of ether oxygens (including phenoxy) is 2. The van der Waals surface area contributed by atoms with Crippen LogP contribution in [0.3, 0.4) is 0 Å². The fraction of sp³-hybridized carbons (Fsp3) is 0.400. The lowest BCUT2D eigenvalue weighted by molar-refractivity contribution is -0.154.